The van der Waals surface area contributed by atoms with Crippen molar-refractivity contribution in [1.29, 1.82) is 0 Å². The van der Waals surface area contributed by atoms with Crippen molar-refractivity contribution in [3.8, 4) is 0 Å². The summed E-state index contributed by atoms with van der Waals surface area (Å²) >= 11 is 2.98. The first-order valence-electron chi connectivity index (χ1n) is 7.07. The average Bonchev–Trinajstić information content (AvgIpc) is 2.81. The maximum atomic E-state index is 14.0. The standard InChI is InChI=1S/C14H16BrF2NO2S/c15-11-7-10(16)8-12(17)14(11)21(19,20)18-6-5-9-3-1-2-4-13(9)18/h7-9,13H,1-6H2. The molecule has 0 aromatic heterocycles. The van der Waals surface area contributed by atoms with Crippen LogP contribution in [0, 0.1) is 17.6 Å². The summed E-state index contributed by atoms with van der Waals surface area (Å²) in [6.45, 7) is 0.418. The molecule has 2 fully saturated rings. The quantitative estimate of drug-likeness (QED) is 0.785. The molecule has 1 aliphatic heterocycles. The van der Waals surface area contributed by atoms with Crippen LogP contribution in [0.5, 0.6) is 0 Å². The Labute approximate surface area is 131 Å². The van der Waals surface area contributed by atoms with Crippen molar-refractivity contribution in [1.82, 2.24) is 4.31 Å². The predicted molar refractivity (Wildman–Crippen MR) is 78.3 cm³/mol. The van der Waals surface area contributed by atoms with E-state index in [9.17, 15) is 17.2 Å². The monoisotopic (exact) mass is 379 g/mol. The number of nitrogens with zero attached hydrogens (tertiary/aromatic N) is 1. The van der Waals surface area contributed by atoms with Gasteiger partial charge in [-0.2, -0.15) is 4.31 Å². The Bertz CT molecular complexity index is 642. The van der Waals surface area contributed by atoms with E-state index in [0.29, 0.717) is 18.5 Å². The smallest absolute Gasteiger partial charge is 0.207 e. The highest BCUT2D eigenvalue weighted by molar-refractivity contribution is 9.10. The summed E-state index contributed by atoms with van der Waals surface area (Å²) in [4.78, 5) is -0.449. The topological polar surface area (TPSA) is 37.4 Å². The van der Waals surface area contributed by atoms with Gasteiger partial charge in [0.2, 0.25) is 10.0 Å². The molecule has 21 heavy (non-hydrogen) atoms. The lowest BCUT2D eigenvalue weighted by molar-refractivity contribution is 0.259. The van der Waals surface area contributed by atoms with Crippen molar-refractivity contribution in [3.63, 3.8) is 0 Å². The number of rotatable bonds is 2. The molecular weight excluding hydrogens is 364 g/mol. The van der Waals surface area contributed by atoms with E-state index in [1.54, 1.807) is 0 Å². The lowest BCUT2D eigenvalue weighted by atomic mass is 9.86. The van der Waals surface area contributed by atoms with Crippen molar-refractivity contribution in [2.24, 2.45) is 5.92 Å². The predicted octanol–water partition coefficient (Wildman–Crippen LogP) is 3.68. The van der Waals surface area contributed by atoms with Crippen molar-refractivity contribution in [2.45, 2.75) is 43.0 Å². The summed E-state index contributed by atoms with van der Waals surface area (Å²) < 4.78 is 54.1. The number of hydrogen-bond donors (Lipinski definition) is 0. The molecule has 1 aromatic rings. The largest absolute Gasteiger partial charge is 0.247 e. The SMILES string of the molecule is O=S(=O)(c1c(F)cc(F)cc1Br)N1CCC2CCCCC21. The first-order chi connectivity index (χ1) is 9.91. The third kappa shape index (κ3) is 2.64. The van der Waals surface area contributed by atoms with Gasteiger partial charge in [-0.1, -0.05) is 12.8 Å². The van der Waals surface area contributed by atoms with E-state index in [4.69, 9.17) is 0 Å². The second-order valence-corrected chi connectivity index (χ2v) is 8.40. The molecular formula is C14H16BrF2NO2S. The molecule has 2 atom stereocenters. The first kappa shape index (κ1) is 15.4. The molecule has 1 saturated carbocycles. The lowest BCUT2D eigenvalue weighted by Crippen LogP contribution is -2.39. The van der Waals surface area contributed by atoms with Gasteiger partial charge in [-0.25, -0.2) is 17.2 Å². The van der Waals surface area contributed by atoms with Crippen LogP contribution < -0.4 is 0 Å². The van der Waals surface area contributed by atoms with Gasteiger partial charge < -0.3 is 0 Å². The van der Waals surface area contributed by atoms with E-state index in [1.807, 2.05) is 0 Å². The van der Waals surface area contributed by atoms with Gasteiger partial charge in [0.25, 0.3) is 0 Å². The van der Waals surface area contributed by atoms with Crippen LogP contribution in [0.2, 0.25) is 0 Å². The summed E-state index contributed by atoms with van der Waals surface area (Å²) in [6, 6.07) is 1.57. The van der Waals surface area contributed by atoms with E-state index >= 15 is 0 Å². The summed E-state index contributed by atoms with van der Waals surface area (Å²) in [5.74, 6) is -1.47. The third-order valence-electron chi connectivity index (χ3n) is 4.49. The normalized spacial score (nSPS) is 26.8. The molecule has 0 amide bonds. The maximum absolute atomic E-state index is 14.0. The molecule has 1 aromatic carbocycles. The van der Waals surface area contributed by atoms with Crippen molar-refractivity contribution >= 4 is 26.0 Å². The second kappa shape index (κ2) is 5.59. The minimum Gasteiger partial charge on any atom is -0.207 e. The highest BCUT2D eigenvalue weighted by atomic mass is 79.9. The Balaban J connectivity index is 2.01. The number of benzene rings is 1. The van der Waals surface area contributed by atoms with Gasteiger partial charge in [-0.3, -0.25) is 0 Å². The summed E-state index contributed by atoms with van der Waals surface area (Å²) in [7, 11) is -3.94. The Hall–Kier alpha value is -0.530. The van der Waals surface area contributed by atoms with Crippen LogP contribution in [0.1, 0.15) is 32.1 Å². The van der Waals surface area contributed by atoms with Crippen LogP contribution >= 0.6 is 15.9 Å². The fourth-order valence-electron chi connectivity index (χ4n) is 3.55. The van der Waals surface area contributed by atoms with Crippen molar-refractivity contribution in [3.05, 3.63) is 28.2 Å². The molecule has 7 heteroatoms. The molecule has 1 aliphatic carbocycles. The van der Waals surface area contributed by atoms with E-state index in [-0.39, 0.29) is 10.5 Å². The van der Waals surface area contributed by atoms with Gasteiger partial charge >= 0.3 is 0 Å². The summed E-state index contributed by atoms with van der Waals surface area (Å²) in [6.07, 6.45) is 4.81. The van der Waals surface area contributed by atoms with Gasteiger partial charge in [0, 0.05) is 23.1 Å². The Morgan fingerprint density at radius 3 is 2.57 bits per heavy atom. The molecule has 3 rings (SSSR count). The molecule has 1 heterocycles. The molecule has 3 nitrogen and oxygen atoms in total. The number of fused-ring (bicyclic) bond motifs is 1. The molecule has 0 N–H and O–H groups in total. The fourth-order valence-corrected chi connectivity index (χ4v) is 6.40. The average molecular weight is 380 g/mol. The Morgan fingerprint density at radius 1 is 1.14 bits per heavy atom. The van der Waals surface area contributed by atoms with Gasteiger partial charge in [0.1, 0.15) is 16.5 Å². The van der Waals surface area contributed by atoms with Gasteiger partial charge in [-0.15, -0.1) is 0 Å². The summed E-state index contributed by atoms with van der Waals surface area (Å²) in [5, 5.41) is 0. The zero-order valence-corrected chi connectivity index (χ0v) is 13.8. The second-order valence-electron chi connectivity index (χ2n) is 5.71. The number of hydrogen-bond acceptors (Lipinski definition) is 2. The van der Waals surface area contributed by atoms with Crippen molar-refractivity contribution in [2.75, 3.05) is 6.54 Å². The Morgan fingerprint density at radius 2 is 1.86 bits per heavy atom. The minimum absolute atomic E-state index is 0.0416. The van der Waals surface area contributed by atoms with Crippen LogP contribution in [0.25, 0.3) is 0 Å². The lowest BCUT2D eigenvalue weighted by Gasteiger charge is -2.31. The van der Waals surface area contributed by atoms with Crippen LogP contribution in [0.15, 0.2) is 21.5 Å². The Kier molecular flexibility index (Phi) is 4.09. The van der Waals surface area contributed by atoms with Crippen LogP contribution in [0.4, 0.5) is 8.78 Å². The van der Waals surface area contributed by atoms with Crippen LogP contribution in [-0.4, -0.2) is 25.3 Å². The van der Waals surface area contributed by atoms with Gasteiger partial charge in [0.05, 0.1) is 0 Å². The van der Waals surface area contributed by atoms with E-state index in [2.05, 4.69) is 15.9 Å². The van der Waals surface area contributed by atoms with Gasteiger partial charge in [0.15, 0.2) is 0 Å². The minimum atomic E-state index is -3.94. The molecule has 0 radical (unpaired) electrons. The number of halogens is 3. The molecule has 0 bridgehead atoms. The van der Waals surface area contributed by atoms with Crippen LogP contribution in [0.3, 0.4) is 0 Å². The molecule has 1 saturated heterocycles. The van der Waals surface area contributed by atoms with Crippen LogP contribution in [-0.2, 0) is 10.0 Å². The van der Waals surface area contributed by atoms with E-state index in [0.717, 1.165) is 38.2 Å². The highest BCUT2D eigenvalue weighted by Gasteiger charge is 2.43. The zero-order valence-electron chi connectivity index (χ0n) is 11.4. The van der Waals surface area contributed by atoms with E-state index < -0.39 is 26.6 Å². The molecule has 0 spiro atoms. The van der Waals surface area contributed by atoms with Crippen molar-refractivity contribution < 1.29 is 17.2 Å². The van der Waals surface area contributed by atoms with E-state index in [1.165, 1.54) is 4.31 Å². The third-order valence-corrected chi connectivity index (χ3v) is 7.38. The maximum Gasteiger partial charge on any atom is 0.247 e. The molecule has 2 unspecified atom stereocenters. The first-order valence-corrected chi connectivity index (χ1v) is 9.31. The number of sulfonamides is 1. The summed E-state index contributed by atoms with van der Waals surface area (Å²) in [5.41, 5.74) is 0. The zero-order chi connectivity index (χ0) is 15.2. The van der Waals surface area contributed by atoms with Gasteiger partial charge in [-0.05, 0) is 47.2 Å². The molecule has 2 aliphatic rings. The fraction of sp³-hybridized carbons (Fsp3) is 0.571. The molecule has 116 valence electrons. The highest BCUT2D eigenvalue weighted by Crippen LogP contribution is 2.40.